The zero-order valence-electron chi connectivity index (χ0n) is 47.5. The molecule has 12 N–H and O–H groups in total. The Morgan fingerprint density at radius 2 is 0.740 bits per heavy atom. The Balaban J connectivity index is 1.45. The van der Waals surface area contributed by atoms with Crippen LogP contribution in [0.5, 0.6) is 0 Å². The SMILES string of the molecule is CCCCCCCCCCCCCCCCCCCCCCCC(=O)NC(COC1OC(CO)C(OC2OC(CO)C(OC3OC(CO)C(O)C(O)C3O)C(O)C2O)C(O)C1O)C(O)CCCCCCCCCCCCC. The molecule has 3 aliphatic rings. The lowest BCUT2D eigenvalue weighted by Gasteiger charge is -2.48. The summed E-state index contributed by atoms with van der Waals surface area (Å²) in [6.07, 6.45) is 13.4. The Morgan fingerprint density at radius 1 is 0.416 bits per heavy atom. The molecule has 456 valence electrons. The molecule has 19 heteroatoms. The lowest BCUT2D eigenvalue weighted by Crippen LogP contribution is -2.66. The number of aliphatic hydroxyl groups is 11. The Kier molecular flexibility index (Phi) is 38.7. The molecule has 3 fully saturated rings. The van der Waals surface area contributed by atoms with Crippen molar-refractivity contribution >= 4 is 5.91 Å². The van der Waals surface area contributed by atoms with Gasteiger partial charge in [-0.05, 0) is 12.8 Å². The minimum absolute atomic E-state index is 0.239. The van der Waals surface area contributed by atoms with Gasteiger partial charge in [-0.25, -0.2) is 0 Å². The lowest BCUT2D eigenvalue weighted by molar-refractivity contribution is -0.379. The van der Waals surface area contributed by atoms with Crippen LogP contribution in [-0.2, 0) is 33.2 Å². The minimum atomic E-state index is -1.97. The van der Waals surface area contributed by atoms with Crippen LogP contribution < -0.4 is 5.32 Å². The van der Waals surface area contributed by atoms with Crippen LogP contribution >= 0.6 is 0 Å². The summed E-state index contributed by atoms with van der Waals surface area (Å²) in [4.78, 5) is 13.3. The van der Waals surface area contributed by atoms with Crippen molar-refractivity contribution in [1.29, 1.82) is 0 Å². The van der Waals surface area contributed by atoms with Crippen molar-refractivity contribution < 1.29 is 89.4 Å². The number of rotatable bonds is 46. The molecule has 19 nitrogen and oxygen atoms in total. The van der Waals surface area contributed by atoms with Crippen molar-refractivity contribution in [3.8, 4) is 0 Å². The molecule has 3 aliphatic heterocycles. The Morgan fingerprint density at radius 3 is 1.13 bits per heavy atom. The van der Waals surface area contributed by atoms with E-state index in [1.165, 1.54) is 154 Å². The zero-order valence-corrected chi connectivity index (χ0v) is 47.5. The number of hydrogen-bond acceptors (Lipinski definition) is 18. The first-order valence-corrected chi connectivity index (χ1v) is 30.8. The van der Waals surface area contributed by atoms with Crippen LogP contribution in [0.3, 0.4) is 0 Å². The first-order valence-electron chi connectivity index (χ1n) is 30.8. The predicted molar refractivity (Wildman–Crippen MR) is 291 cm³/mol. The molecule has 0 saturated carbocycles. The summed E-state index contributed by atoms with van der Waals surface area (Å²) in [6, 6.07) is -0.879. The molecule has 3 rings (SSSR count). The van der Waals surface area contributed by atoms with E-state index in [0.717, 1.165) is 44.9 Å². The molecule has 0 radical (unpaired) electrons. The van der Waals surface area contributed by atoms with Crippen molar-refractivity contribution in [3.05, 3.63) is 0 Å². The number of hydrogen-bond donors (Lipinski definition) is 12. The minimum Gasteiger partial charge on any atom is -0.394 e. The molecule has 0 spiro atoms. The Bertz CT molecular complexity index is 1420. The van der Waals surface area contributed by atoms with E-state index in [2.05, 4.69) is 19.2 Å². The van der Waals surface area contributed by atoms with Crippen molar-refractivity contribution in [3.63, 3.8) is 0 Å². The van der Waals surface area contributed by atoms with Gasteiger partial charge in [0.1, 0.15) is 73.2 Å². The maximum Gasteiger partial charge on any atom is 0.220 e. The molecule has 17 unspecified atom stereocenters. The van der Waals surface area contributed by atoms with Crippen molar-refractivity contribution in [2.45, 2.75) is 336 Å². The molecule has 3 saturated heterocycles. The van der Waals surface area contributed by atoms with Crippen LogP contribution in [0.4, 0.5) is 0 Å². The van der Waals surface area contributed by atoms with Crippen molar-refractivity contribution in [1.82, 2.24) is 5.32 Å². The predicted octanol–water partition coefficient (Wildman–Crippen LogP) is 5.60. The fraction of sp³-hybridized carbons (Fsp3) is 0.983. The first kappa shape index (κ1) is 70.1. The van der Waals surface area contributed by atoms with Gasteiger partial charge in [0.25, 0.3) is 0 Å². The number of carbonyl (C=O) groups is 1. The number of amides is 1. The zero-order chi connectivity index (χ0) is 56.2. The average Bonchev–Trinajstić information content (AvgIpc) is 3.44. The maximum absolute atomic E-state index is 13.3. The van der Waals surface area contributed by atoms with Crippen LogP contribution in [0.2, 0.25) is 0 Å². The van der Waals surface area contributed by atoms with Gasteiger partial charge in [-0.1, -0.05) is 213 Å². The molecule has 0 aromatic rings. The Labute approximate surface area is 462 Å². The summed E-state index contributed by atoms with van der Waals surface area (Å²) in [5, 5.41) is 120. The third-order valence-corrected chi connectivity index (χ3v) is 15.9. The van der Waals surface area contributed by atoms with Gasteiger partial charge in [-0.3, -0.25) is 4.79 Å². The summed E-state index contributed by atoms with van der Waals surface area (Å²) < 4.78 is 34.3. The highest BCUT2D eigenvalue weighted by Crippen LogP contribution is 2.33. The van der Waals surface area contributed by atoms with Crippen molar-refractivity contribution in [2.24, 2.45) is 0 Å². The molecule has 1 amide bonds. The quantitative estimate of drug-likeness (QED) is 0.0330. The van der Waals surface area contributed by atoms with E-state index < -0.39 is 124 Å². The monoisotopic (exact) mass is 1110 g/mol. The van der Waals surface area contributed by atoms with Crippen LogP contribution in [-0.4, -0.2) is 193 Å². The van der Waals surface area contributed by atoms with Gasteiger partial charge in [0.2, 0.25) is 5.91 Å². The van der Waals surface area contributed by atoms with Gasteiger partial charge in [-0.2, -0.15) is 0 Å². The van der Waals surface area contributed by atoms with E-state index in [0.29, 0.717) is 12.8 Å². The highest BCUT2D eigenvalue weighted by molar-refractivity contribution is 5.76. The molecular weight excluding hydrogens is 999 g/mol. The van der Waals surface area contributed by atoms with Crippen LogP contribution in [0, 0.1) is 0 Å². The fourth-order valence-electron chi connectivity index (χ4n) is 10.8. The first-order chi connectivity index (χ1) is 37.3. The van der Waals surface area contributed by atoms with Gasteiger partial charge in [0.15, 0.2) is 18.9 Å². The van der Waals surface area contributed by atoms with E-state index in [1.807, 2.05) is 0 Å². The summed E-state index contributed by atoms with van der Waals surface area (Å²) in [6.45, 7) is 1.79. The molecule has 0 aliphatic carbocycles. The molecule has 77 heavy (non-hydrogen) atoms. The van der Waals surface area contributed by atoms with Gasteiger partial charge in [0.05, 0.1) is 38.6 Å². The molecular formula is C58H111NO18. The van der Waals surface area contributed by atoms with Gasteiger partial charge < -0.3 is 89.9 Å². The summed E-state index contributed by atoms with van der Waals surface area (Å²) in [5.74, 6) is -0.239. The van der Waals surface area contributed by atoms with E-state index in [9.17, 15) is 61.0 Å². The summed E-state index contributed by atoms with van der Waals surface area (Å²) >= 11 is 0. The van der Waals surface area contributed by atoms with E-state index in [4.69, 9.17) is 28.4 Å². The summed E-state index contributed by atoms with van der Waals surface area (Å²) in [7, 11) is 0. The third kappa shape index (κ3) is 26.7. The summed E-state index contributed by atoms with van der Waals surface area (Å²) in [5.41, 5.74) is 0. The van der Waals surface area contributed by atoms with E-state index in [-0.39, 0.29) is 18.9 Å². The normalized spacial score (nSPS) is 30.6. The maximum atomic E-state index is 13.3. The molecule has 0 aromatic carbocycles. The van der Waals surface area contributed by atoms with Crippen molar-refractivity contribution in [2.75, 3.05) is 26.4 Å². The second-order valence-corrected chi connectivity index (χ2v) is 22.5. The van der Waals surface area contributed by atoms with E-state index >= 15 is 0 Å². The number of ether oxygens (including phenoxy) is 6. The van der Waals surface area contributed by atoms with E-state index in [1.54, 1.807) is 0 Å². The topological polar surface area (TPSA) is 307 Å². The number of carbonyl (C=O) groups excluding carboxylic acids is 1. The van der Waals surface area contributed by atoms with Gasteiger partial charge >= 0.3 is 0 Å². The van der Waals surface area contributed by atoms with Gasteiger partial charge in [-0.15, -0.1) is 0 Å². The third-order valence-electron chi connectivity index (χ3n) is 15.9. The molecule has 3 heterocycles. The average molecular weight is 1110 g/mol. The van der Waals surface area contributed by atoms with Gasteiger partial charge in [0, 0.05) is 6.42 Å². The fourth-order valence-corrected chi connectivity index (χ4v) is 10.8. The molecule has 0 bridgehead atoms. The highest BCUT2D eigenvalue weighted by atomic mass is 16.8. The largest absolute Gasteiger partial charge is 0.394 e. The lowest BCUT2D eigenvalue weighted by atomic mass is 9.96. The number of aliphatic hydroxyl groups excluding tert-OH is 11. The highest BCUT2D eigenvalue weighted by Gasteiger charge is 2.53. The van der Waals surface area contributed by atoms with Crippen LogP contribution in [0.15, 0.2) is 0 Å². The second kappa shape index (κ2) is 42.6. The number of unbranched alkanes of at least 4 members (excludes halogenated alkanes) is 30. The number of nitrogens with one attached hydrogen (secondary N) is 1. The molecule has 17 atom stereocenters. The van der Waals surface area contributed by atoms with Crippen LogP contribution in [0.25, 0.3) is 0 Å². The molecule has 0 aromatic heterocycles. The second-order valence-electron chi connectivity index (χ2n) is 22.5. The smallest absolute Gasteiger partial charge is 0.220 e. The van der Waals surface area contributed by atoms with Crippen LogP contribution in [0.1, 0.15) is 232 Å². The Hall–Kier alpha value is -1.21. The standard InChI is InChI=1S/C58H111NO18/c1-3-5-7-9-11-13-15-16-17-18-19-20-21-22-23-24-26-28-30-32-34-36-46(64)59-41(42(63)35-33-31-29-27-25-14-12-10-8-6-4-2)40-72-56-52(70)49(67)54(44(38-61)74-56)77-58-53(71)50(68)55(45(39-62)75-58)76-57-51(69)48(66)47(65)43(37-60)73-57/h41-45,47-58,60-63,65-71H,3-40H2,1-2H3,(H,59,64).